The molecular weight excluding hydrogens is 517 g/mol. The van der Waals surface area contributed by atoms with Gasteiger partial charge in [0.05, 0.1) is 19.4 Å². The molecule has 1 fully saturated rings. The molecule has 0 amide bonds. The van der Waals surface area contributed by atoms with Crippen LogP contribution in [0.3, 0.4) is 0 Å². The summed E-state index contributed by atoms with van der Waals surface area (Å²) in [5.41, 5.74) is 1.45. The third-order valence-electron chi connectivity index (χ3n) is 5.83. The minimum Gasteiger partial charge on any atom is -0.466 e. The number of aliphatic imine (C=N–C) groups is 1. The monoisotopic (exact) mass is 555 g/mol. The summed E-state index contributed by atoms with van der Waals surface area (Å²) in [4.78, 5) is 9.80. The molecule has 0 aliphatic carbocycles. The molecule has 8 heteroatoms. The number of aliphatic hydroxyl groups is 1. The number of benzene rings is 1. The van der Waals surface area contributed by atoms with Gasteiger partial charge in [0.25, 0.3) is 0 Å². The Morgan fingerprint density at radius 1 is 1.03 bits per heavy atom. The van der Waals surface area contributed by atoms with Gasteiger partial charge in [-0.25, -0.2) is 4.99 Å². The molecule has 2 aromatic rings. The van der Waals surface area contributed by atoms with Gasteiger partial charge in [-0.2, -0.15) is 0 Å². The normalized spacial score (nSPS) is 17.4. The minimum atomic E-state index is -1.11. The number of hydrogen-bond donors (Lipinski definition) is 3. The maximum absolute atomic E-state index is 10.7. The number of furan rings is 1. The molecule has 0 spiro atoms. The van der Waals surface area contributed by atoms with E-state index in [4.69, 9.17) is 9.41 Å². The third kappa shape index (κ3) is 7.75. The Morgan fingerprint density at radius 2 is 1.72 bits per heavy atom. The average Bonchev–Trinajstić information content (AvgIpc) is 3.33. The lowest BCUT2D eigenvalue weighted by atomic mass is 10.0. The Bertz CT molecular complexity index is 818. The highest BCUT2D eigenvalue weighted by atomic mass is 127. The van der Waals surface area contributed by atoms with Crippen LogP contribution in [0.25, 0.3) is 0 Å². The molecule has 0 radical (unpaired) electrons. The molecule has 1 saturated heterocycles. The Hall–Kier alpha value is -1.62. The van der Waals surface area contributed by atoms with Crippen LogP contribution in [-0.4, -0.2) is 66.7 Å². The predicted molar refractivity (Wildman–Crippen MR) is 140 cm³/mol. The second-order valence-corrected chi connectivity index (χ2v) is 8.28. The fourth-order valence-corrected chi connectivity index (χ4v) is 3.80. The van der Waals surface area contributed by atoms with Crippen molar-refractivity contribution in [3.8, 4) is 0 Å². The second-order valence-electron chi connectivity index (χ2n) is 8.28. The molecule has 178 valence electrons. The number of nitrogens with one attached hydrogen (secondary N) is 2. The summed E-state index contributed by atoms with van der Waals surface area (Å²) in [6.07, 6.45) is 1.57. The first-order valence-electron chi connectivity index (χ1n) is 11.3. The van der Waals surface area contributed by atoms with Crippen molar-refractivity contribution >= 4 is 29.9 Å². The fourth-order valence-electron chi connectivity index (χ4n) is 3.80. The molecule has 3 rings (SSSR count). The number of likely N-dealkylation sites (N-methyl/N-ethyl adjacent to an activating group) is 1. The second kappa shape index (κ2) is 13.2. The number of rotatable bonds is 9. The average molecular weight is 556 g/mol. The van der Waals surface area contributed by atoms with E-state index in [0.29, 0.717) is 24.8 Å². The van der Waals surface area contributed by atoms with Crippen LogP contribution in [-0.2, 0) is 18.7 Å². The molecular formula is C24H38IN5O2. The van der Waals surface area contributed by atoms with Gasteiger partial charge in [-0.1, -0.05) is 31.2 Å². The first-order chi connectivity index (χ1) is 15.0. The largest absolute Gasteiger partial charge is 0.466 e. The lowest BCUT2D eigenvalue weighted by molar-refractivity contribution is 0.0386. The lowest BCUT2D eigenvalue weighted by Gasteiger charge is -2.34. The van der Waals surface area contributed by atoms with E-state index >= 15 is 0 Å². The van der Waals surface area contributed by atoms with Crippen LogP contribution in [0.1, 0.15) is 37.7 Å². The molecule has 3 N–H and O–H groups in total. The molecule has 0 bridgehead atoms. The van der Waals surface area contributed by atoms with Crippen molar-refractivity contribution in [2.75, 3.05) is 45.8 Å². The van der Waals surface area contributed by atoms with Gasteiger partial charge in [-0.05, 0) is 43.7 Å². The summed E-state index contributed by atoms with van der Waals surface area (Å²) < 4.78 is 5.36. The highest BCUT2D eigenvalue weighted by molar-refractivity contribution is 14.0. The van der Waals surface area contributed by atoms with Gasteiger partial charge in [-0.3, -0.25) is 4.90 Å². The van der Waals surface area contributed by atoms with E-state index in [9.17, 15) is 5.11 Å². The van der Waals surface area contributed by atoms with E-state index in [1.807, 2.05) is 6.92 Å². The van der Waals surface area contributed by atoms with Crippen LogP contribution in [0.4, 0.5) is 0 Å². The smallest absolute Gasteiger partial charge is 0.191 e. The summed E-state index contributed by atoms with van der Waals surface area (Å²) in [6.45, 7) is 14.2. The van der Waals surface area contributed by atoms with Crippen LogP contribution in [0.15, 0.2) is 52.1 Å². The number of hydrogen-bond acceptors (Lipinski definition) is 5. The van der Waals surface area contributed by atoms with Crippen LogP contribution in [0, 0.1) is 0 Å². The van der Waals surface area contributed by atoms with Crippen molar-refractivity contribution in [1.29, 1.82) is 0 Å². The lowest BCUT2D eigenvalue weighted by Crippen LogP contribution is -2.45. The Labute approximate surface area is 209 Å². The summed E-state index contributed by atoms with van der Waals surface area (Å²) in [7, 11) is 0. The van der Waals surface area contributed by atoms with Crippen molar-refractivity contribution in [3.05, 3.63) is 59.5 Å². The van der Waals surface area contributed by atoms with Crippen molar-refractivity contribution in [3.63, 3.8) is 0 Å². The number of halogens is 1. The number of nitrogens with zero attached hydrogens (tertiary/aromatic N) is 3. The van der Waals surface area contributed by atoms with Crippen molar-refractivity contribution < 1.29 is 9.52 Å². The van der Waals surface area contributed by atoms with Crippen LogP contribution in [0.2, 0.25) is 0 Å². The Morgan fingerprint density at radius 3 is 2.34 bits per heavy atom. The molecule has 2 heterocycles. The van der Waals surface area contributed by atoms with E-state index in [-0.39, 0.29) is 24.0 Å². The molecule has 1 aliphatic heterocycles. The van der Waals surface area contributed by atoms with E-state index in [1.54, 1.807) is 25.3 Å². The number of piperazine rings is 1. The topological polar surface area (TPSA) is 76.3 Å². The third-order valence-corrected chi connectivity index (χ3v) is 5.83. The van der Waals surface area contributed by atoms with Crippen molar-refractivity contribution in [2.24, 2.45) is 4.99 Å². The van der Waals surface area contributed by atoms with Gasteiger partial charge >= 0.3 is 0 Å². The van der Waals surface area contributed by atoms with E-state index in [2.05, 4.69) is 51.6 Å². The first-order valence-corrected chi connectivity index (χ1v) is 11.3. The maximum atomic E-state index is 10.7. The van der Waals surface area contributed by atoms with Gasteiger partial charge in [0.1, 0.15) is 11.4 Å². The fraction of sp³-hybridized carbons (Fsp3) is 0.542. The predicted octanol–water partition coefficient (Wildman–Crippen LogP) is 3.00. The molecule has 32 heavy (non-hydrogen) atoms. The van der Waals surface area contributed by atoms with E-state index in [1.165, 1.54) is 11.1 Å². The quantitative estimate of drug-likeness (QED) is 0.251. The van der Waals surface area contributed by atoms with Crippen LogP contribution < -0.4 is 10.6 Å². The van der Waals surface area contributed by atoms with Gasteiger partial charge in [0.2, 0.25) is 0 Å². The van der Waals surface area contributed by atoms with E-state index in [0.717, 1.165) is 45.8 Å². The zero-order valence-corrected chi connectivity index (χ0v) is 21.8. The maximum Gasteiger partial charge on any atom is 0.191 e. The van der Waals surface area contributed by atoms with E-state index < -0.39 is 5.60 Å². The van der Waals surface area contributed by atoms with Crippen LogP contribution in [0.5, 0.6) is 0 Å². The van der Waals surface area contributed by atoms with Gasteiger partial charge in [0, 0.05) is 39.3 Å². The molecule has 1 atom stereocenters. The highest BCUT2D eigenvalue weighted by Gasteiger charge is 2.26. The Balaban J connectivity index is 0.00000363. The minimum absolute atomic E-state index is 0. The zero-order valence-electron chi connectivity index (χ0n) is 19.5. The van der Waals surface area contributed by atoms with Gasteiger partial charge in [0.15, 0.2) is 5.96 Å². The molecule has 7 nitrogen and oxygen atoms in total. The summed E-state index contributed by atoms with van der Waals surface area (Å²) >= 11 is 0. The molecule has 1 aromatic carbocycles. The zero-order chi connectivity index (χ0) is 22.1. The molecule has 1 aliphatic rings. The molecule has 0 saturated carbocycles. The highest BCUT2D eigenvalue weighted by Crippen LogP contribution is 2.20. The molecule has 1 aromatic heterocycles. The Kier molecular flexibility index (Phi) is 11.0. The van der Waals surface area contributed by atoms with Gasteiger partial charge < -0.3 is 25.1 Å². The van der Waals surface area contributed by atoms with Gasteiger partial charge in [-0.15, -0.1) is 24.0 Å². The van der Waals surface area contributed by atoms with Crippen LogP contribution >= 0.6 is 24.0 Å². The first kappa shape index (κ1) is 26.6. The van der Waals surface area contributed by atoms with Crippen molar-refractivity contribution in [1.82, 2.24) is 20.4 Å². The summed E-state index contributed by atoms with van der Waals surface area (Å²) in [5.74, 6) is 1.21. The summed E-state index contributed by atoms with van der Waals surface area (Å²) in [5, 5.41) is 17.2. The summed E-state index contributed by atoms with van der Waals surface area (Å²) in [6, 6.07) is 12.1. The van der Waals surface area contributed by atoms with Crippen molar-refractivity contribution in [2.45, 2.75) is 39.5 Å². The number of guanidine groups is 1. The molecule has 1 unspecified atom stereocenters. The standard InChI is InChI=1S/C24H37N5O2.HI/c1-4-25-23(27-19-24(3,30)22-11-8-16-31-22)26-17-20-9-6-7-10-21(20)18-29-14-12-28(5-2)13-15-29;/h6-11,16,30H,4-5,12-15,17-19H2,1-3H3,(H2,25,26,27);1H. The SMILES string of the molecule is CCNC(=NCc1ccccc1CN1CCN(CC)CC1)NCC(C)(O)c1ccco1.I.